The summed E-state index contributed by atoms with van der Waals surface area (Å²) in [6, 6.07) is 27.0. The number of fused-ring (bicyclic) bond motifs is 2. The fraction of sp³-hybridized carbons (Fsp3) is 0.366. The number of nitrogens with two attached hydrogens (primary N) is 1. The van der Waals surface area contributed by atoms with Crippen LogP contribution in [0.25, 0.3) is 11.2 Å². The van der Waals surface area contributed by atoms with E-state index in [-0.39, 0.29) is 44.9 Å². The molecule has 5 aromatic rings. The number of nitrogens with one attached hydrogen (secondary N) is 1. The number of ether oxygens (including phenoxy) is 6. The Morgan fingerprint density at radius 1 is 0.768 bits per heavy atom. The molecule has 15 nitrogen and oxygen atoms in total. The van der Waals surface area contributed by atoms with Crippen molar-refractivity contribution in [1.29, 1.82) is 0 Å². The maximum absolute atomic E-state index is 13.6. The summed E-state index contributed by atoms with van der Waals surface area (Å²) in [7, 11) is 0. The topological polar surface area (TPSA) is 188 Å². The van der Waals surface area contributed by atoms with Gasteiger partial charge in [0.05, 0.1) is 12.4 Å². The quantitative estimate of drug-likeness (QED) is 0.0785. The van der Waals surface area contributed by atoms with E-state index < -0.39 is 60.3 Å². The molecule has 2 aliphatic rings. The van der Waals surface area contributed by atoms with Crippen LogP contribution >= 0.6 is 0 Å². The summed E-state index contributed by atoms with van der Waals surface area (Å²) in [4.78, 5) is 53.4. The van der Waals surface area contributed by atoms with E-state index in [2.05, 4.69) is 20.3 Å². The highest BCUT2D eigenvalue weighted by molar-refractivity contribution is 5.94. The van der Waals surface area contributed by atoms with Gasteiger partial charge in [-0.15, -0.1) is 0 Å². The molecule has 0 aliphatic carbocycles. The average Bonchev–Trinajstić information content (AvgIpc) is 3.88. The molecule has 3 aromatic carbocycles. The standard InChI is InChI=1S/C41H44N6O9/c1-41(2)55-33-31(54-37(34(33)56-41)47-25-45-32-35(42)43-24-44-36(32)47)20-29(46-40(50)53-23-28-16-10-5-11-17-28)18-19-30(38(48)51-21-26-12-6-3-7-13-26)39(49)52-22-27-14-8-4-9-15-27/h3-17,24-25,29-31,33-34,37H,18-23H2,1-2H3,(H,46,50)(H2,42,43,44)/t29?,31-,33-,34-,37-/m1/s1. The Balaban J connectivity index is 1.11. The molecule has 7 rings (SSSR count). The number of alkyl carbamates (subject to hydrolysis) is 1. The van der Waals surface area contributed by atoms with Crippen molar-refractivity contribution in [3.8, 4) is 0 Å². The number of amides is 1. The maximum atomic E-state index is 13.6. The van der Waals surface area contributed by atoms with Gasteiger partial charge in [0.15, 0.2) is 29.4 Å². The Labute approximate surface area is 323 Å². The first kappa shape index (κ1) is 38.4. The van der Waals surface area contributed by atoms with Crippen LogP contribution in [0.5, 0.6) is 0 Å². The lowest BCUT2D eigenvalue weighted by molar-refractivity contribution is -0.197. The van der Waals surface area contributed by atoms with Gasteiger partial charge in [-0.1, -0.05) is 91.0 Å². The lowest BCUT2D eigenvalue weighted by atomic mass is 9.95. The van der Waals surface area contributed by atoms with E-state index in [9.17, 15) is 14.4 Å². The van der Waals surface area contributed by atoms with Gasteiger partial charge in [0.1, 0.15) is 43.9 Å². The maximum Gasteiger partial charge on any atom is 0.407 e. The Hall–Kier alpha value is -5.90. The third-order valence-electron chi connectivity index (χ3n) is 9.66. The lowest BCUT2D eigenvalue weighted by Crippen LogP contribution is -2.41. The van der Waals surface area contributed by atoms with Gasteiger partial charge in [0.25, 0.3) is 0 Å². The number of nitrogen functional groups attached to an aromatic ring is 1. The summed E-state index contributed by atoms with van der Waals surface area (Å²) < 4.78 is 38.0. The SMILES string of the molecule is CC1(C)O[C@@H]2[C@H](O1)[C@@H](CC(CCC(C(=O)OCc1ccccc1)C(=O)OCc1ccccc1)NC(=O)OCc1ccccc1)O[C@H]2n1cnc2c(N)ncnc21. The van der Waals surface area contributed by atoms with Crippen molar-refractivity contribution >= 4 is 35.0 Å². The minimum atomic E-state index is -1.29. The van der Waals surface area contributed by atoms with Gasteiger partial charge >= 0.3 is 18.0 Å². The highest BCUT2D eigenvalue weighted by Gasteiger charge is 2.56. The van der Waals surface area contributed by atoms with Crippen LogP contribution in [0, 0.1) is 5.92 Å². The molecule has 0 saturated carbocycles. The summed E-state index contributed by atoms with van der Waals surface area (Å²) in [5, 5.41) is 2.95. The number of aromatic nitrogens is 4. The molecule has 1 amide bonds. The third kappa shape index (κ3) is 9.30. The Morgan fingerprint density at radius 3 is 1.91 bits per heavy atom. The average molecular weight is 765 g/mol. The Kier molecular flexibility index (Phi) is 11.8. The number of benzene rings is 3. The highest BCUT2D eigenvalue weighted by atomic mass is 16.8. The van der Waals surface area contributed by atoms with Crippen LogP contribution in [0.1, 0.15) is 56.0 Å². The molecule has 0 radical (unpaired) electrons. The fourth-order valence-corrected chi connectivity index (χ4v) is 6.95. The van der Waals surface area contributed by atoms with Crippen LogP contribution in [0.3, 0.4) is 0 Å². The predicted molar refractivity (Wildman–Crippen MR) is 201 cm³/mol. The number of carbonyl (C=O) groups excluding carboxylic acids is 3. The number of anilines is 1. The van der Waals surface area contributed by atoms with Gasteiger partial charge in [-0.05, 0) is 49.8 Å². The van der Waals surface area contributed by atoms with Crippen LogP contribution in [-0.4, -0.2) is 67.7 Å². The first-order valence-corrected chi connectivity index (χ1v) is 18.5. The molecular formula is C41H44N6O9. The minimum absolute atomic E-state index is 0.0136. The molecule has 0 bridgehead atoms. The Morgan fingerprint density at radius 2 is 1.32 bits per heavy atom. The normalized spacial score (nSPS) is 20.3. The van der Waals surface area contributed by atoms with Crippen LogP contribution in [0.15, 0.2) is 104 Å². The molecular weight excluding hydrogens is 720 g/mol. The fourth-order valence-electron chi connectivity index (χ4n) is 6.95. The van der Waals surface area contributed by atoms with Crippen LogP contribution < -0.4 is 11.1 Å². The van der Waals surface area contributed by atoms with E-state index in [0.29, 0.717) is 11.2 Å². The lowest BCUT2D eigenvalue weighted by Gasteiger charge is -2.27. The second kappa shape index (κ2) is 17.3. The van der Waals surface area contributed by atoms with Crippen molar-refractivity contribution < 1.29 is 42.8 Å². The number of rotatable bonds is 15. The summed E-state index contributed by atoms with van der Waals surface area (Å²) in [5.41, 5.74) is 9.29. The molecule has 5 atom stereocenters. The van der Waals surface area contributed by atoms with Crippen molar-refractivity contribution in [2.24, 2.45) is 5.92 Å². The van der Waals surface area contributed by atoms with Crippen molar-refractivity contribution in [1.82, 2.24) is 24.8 Å². The van der Waals surface area contributed by atoms with E-state index in [4.69, 9.17) is 34.2 Å². The monoisotopic (exact) mass is 764 g/mol. The summed E-state index contributed by atoms with van der Waals surface area (Å²) in [5.74, 6) is -3.49. The largest absolute Gasteiger partial charge is 0.460 e. The number of imidazole rings is 1. The van der Waals surface area contributed by atoms with Crippen LogP contribution in [0.4, 0.5) is 10.6 Å². The van der Waals surface area contributed by atoms with E-state index in [1.807, 2.05) is 105 Å². The van der Waals surface area contributed by atoms with Crippen molar-refractivity contribution in [3.63, 3.8) is 0 Å². The van der Waals surface area contributed by atoms with E-state index in [0.717, 1.165) is 16.7 Å². The summed E-state index contributed by atoms with van der Waals surface area (Å²) in [6.45, 7) is 3.62. The zero-order valence-electron chi connectivity index (χ0n) is 31.1. The minimum Gasteiger partial charge on any atom is -0.460 e. The van der Waals surface area contributed by atoms with E-state index in [1.54, 1.807) is 10.9 Å². The van der Waals surface area contributed by atoms with Gasteiger partial charge in [0.2, 0.25) is 0 Å². The molecule has 2 aromatic heterocycles. The van der Waals surface area contributed by atoms with Gasteiger partial charge < -0.3 is 39.5 Å². The second-order valence-corrected chi connectivity index (χ2v) is 14.2. The number of hydrogen-bond acceptors (Lipinski definition) is 13. The van der Waals surface area contributed by atoms with Crippen molar-refractivity contribution in [3.05, 3.63) is 120 Å². The van der Waals surface area contributed by atoms with Crippen molar-refractivity contribution in [2.75, 3.05) is 5.73 Å². The highest BCUT2D eigenvalue weighted by Crippen LogP contribution is 2.45. The first-order chi connectivity index (χ1) is 27.1. The molecule has 15 heteroatoms. The van der Waals surface area contributed by atoms with Crippen LogP contribution in [-0.2, 0) is 57.8 Å². The molecule has 1 unspecified atom stereocenters. The van der Waals surface area contributed by atoms with E-state index in [1.165, 1.54) is 6.33 Å². The molecule has 2 fully saturated rings. The first-order valence-electron chi connectivity index (χ1n) is 18.5. The Bertz CT molecular complexity index is 2040. The summed E-state index contributed by atoms with van der Waals surface area (Å²) in [6.07, 6.45) is 0.0725. The van der Waals surface area contributed by atoms with Gasteiger partial charge in [-0.25, -0.2) is 19.7 Å². The van der Waals surface area contributed by atoms with Gasteiger partial charge in [-0.3, -0.25) is 14.2 Å². The molecule has 3 N–H and O–H groups in total. The van der Waals surface area contributed by atoms with Gasteiger partial charge in [0, 0.05) is 6.04 Å². The molecule has 56 heavy (non-hydrogen) atoms. The number of nitrogens with zero attached hydrogens (tertiary/aromatic N) is 4. The zero-order valence-corrected chi connectivity index (χ0v) is 31.1. The molecule has 2 aliphatic heterocycles. The van der Waals surface area contributed by atoms with Gasteiger partial charge in [-0.2, -0.15) is 0 Å². The molecule has 2 saturated heterocycles. The smallest absolute Gasteiger partial charge is 0.407 e. The predicted octanol–water partition coefficient (Wildman–Crippen LogP) is 5.39. The molecule has 0 spiro atoms. The van der Waals surface area contributed by atoms with E-state index >= 15 is 0 Å². The molecule has 292 valence electrons. The second-order valence-electron chi connectivity index (χ2n) is 14.2. The molecule has 4 heterocycles. The number of esters is 2. The summed E-state index contributed by atoms with van der Waals surface area (Å²) >= 11 is 0. The third-order valence-corrected chi connectivity index (χ3v) is 9.66. The van der Waals surface area contributed by atoms with Crippen LogP contribution in [0.2, 0.25) is 0 Å². The number of hydrogen-bond donors (Lipinski definition) is 2. The zero-order chi connectivity index (χ0) is 39.1. The van der Waals surface area contributed by atoms with Crippen molar-refractivity contribution in [2.45, 2.75) is 89.3 Å². The number of carbonyl (C=O) groups is 3.